The van der Waals surface area contributed by atoms with Crippen LogP contribution in [0.1, 0.15) is 26.7 Å². The number of nitrogens with one attached hydrogen (secondary N) is 1. The smallest absolute Gasteiger partial charge is 0.225 e. The van der Waals surface area contributed by atoms with Gasteiger partial charge >= 0.3 is 0 Å². The monoisotopic (exact) mass is 231 g/mol. The maximum absolute atomic E-state index is 11.3. The number of ether oxygens (including phenoxy) is 2. The second-order valence-electron chi connectivity index (χ2n) is 4.57. The zero-order chi connectivity index (χ0) is 12.2. The molecule has 1 saturated heterocycles. The molecule has 0 spiro atoms. The number of hydrogen-bond donors (Lipinski definition) is 2. The minimum absolute atomic E-state index is 0.0412. The fraction of sp³-hybridized carbons (Fsp3) is 0.909. The standard InChI is InChI=1S/C11H21NO4/c1-4-11(6-13)7-15-10(2,16-8-11)5-9(14)12-3/h13H,4-8H2,1-3H3,(H,12,14). The van der Waals surface area contributed by atoms with Crippen LogP contribution in [0.3, 0.4) is 0 Å². The molecule has 0 unspecified atom stereocenters. The molecule has 0 radical (unpaired) electrons. The number of aliphatic hydroxyl groups excluding tert-OH is 1. The summed E-state index contributed by atoms with van der Waals surface area (Å²) < 4.78 is 11.2. The van der Waals surface area contributed by atoms with Crippen molar-refractivity contribution in [1.82, 2.24) is 5.32 Å². The van der Waals surface area contributed by atoms with E-state index in [2.05, 4.69) is 5.32 Å². The molecule has 0 aliphatic carbocycles. The second-order valence-corrected chi connectivity index (χ2v) is 4.57. The molecule has 2 N–H and O–H groups in total. The van der Waals surface area contributed by atoms with Crippen molar-refractivity contribution in [3.63, 3.8) is 0 Å². The molecule has 0 aromatic carbocycles. The minimum Gasteiger partial charge on any atom is -0.396 e. The molecule has 16 heavy (non-hydrogen) atoms. The summed E-state index contributed by atoms with van der Waals surface area (Å²) in [6.07, 6.45) is 0.967. The van der Waals surface area contributed by atoms with Crippen molar-refractivity contribution in [2.45, 2.75) is 32.5 Å². The van der Waals surface area contributed by atoms with Crippen LogP contribution in [0.4, 0.5) is 0 Å². The number of carbonyl (C=O) groups excluding carboxylic acids is 1. The maximum Gasteiger partial charge on any atom is 0.225 e. The summed E-state index contributed by atoms with van der Waals surface area (Å²) in [6, 6.07) is 0. The van der Waals surface area contributed by atoms with Crippen LogP contribution in [0.25, 0.3) is 0 Å². The molecule has 1 aliphatic heterocycles. The molecule has 1 amide bonds. The van der Waals surface area contributed by atoms with E-state index >= 15 is 0 Å². The molecule has 1 aliphatic rings. The van der Waals surface area contributed by atoms with E-state index in [1.165, 1.54) is 0 Å². The Hall–Kier alpha value is -0.650. The fourth-order valence-corrected chi connectivity index (χ4v) is 1.58. The molecule has 0 saturated carbocycles. The Morgan fingerprint density at radius 1 is 1.44 bits per heavy atom. The lowest BCUT2D eigenvalue weighted by Crippen LogP contribution is -2.51. The number of aliphatic hydroxyl groups is 1. The highest BCUT2D eigenvalue weighted by atomic mass is 16.7. The highest BCUT2D eigenvalue weighted by Crippen LogP contribution is 2.33. The van der Waals surface area contributed by atoms with Gasteiger partial charge in [0.05, 0.1) is 26.2 Å². The Labute approximate surface area is 96.1 Å². The van der Waals surface area contributed by atoms with Gasteiger partial charge in [-0.05, 0) is 13.3 Å². The molecule has 5 nitrogen and oxygen atoms in total. The van der Waals surface area contributed by atoms with E-state index < -0.39 is 5.79 Å². The predicted octanol–water partition coefficient (Wildman–Crippen LogP) is 0.274. The summed E-state index contributed by atoms with van der Waals surface area (Å²) in [6.45, 7) is 4.63. The van der Waals surface area contributed by atoms with Gasteiger partial charge in [-0.1, -0.05) is 6.92 Å². The molecular weight excluding hydrogens is 210 g/mol. The van der Waals surface area contributed by atoms with Crippen LogP contribution in [0.15, 0.2) is 0 Å². The Balaban J connectivity index is 2.55. The summed E-state index contributed by atoms with van der Waals surface area (Å²) in [5, 5.41) is 11.8. The van der Waals surface area contributed by atoms with Crippen LogP contribution in [-0.4, -0.2) is 43.7 Å². The van der Waals surface area contributed by atoms with Crippen molar-refractivity contribution in [3.05, 3.63) is 0 Å². The number of carbonyl (C=O) groups is 1. The topological polar surface area (TPSA) is 67.8 Å². The van der Waals surface area contributed by atoms with Crippen LogP contribution in [0, 0.1) is 5.41 Å². The van der Waals surface area contributed by atoms with Gasteiger partial charge in [-0.25, -0.2) is 0 Å². The average molecular weight is 231 g/mol. The van der Waals surface area contributed by atoms with Crippen molar-refractivity contribution in [3.8, 4) is 0 Å². The normalized spacial score (nSPS) is 34.8. The molecule has 0 atom stereocenters. The molecule has 1 fully saturated rings. The maximum atomic E-state index is 11.3. The summed E-state index contributed by atoms with van der Waals surface area (Å²) in [4.78, 5) is 11.3. The first-order valence-electron chi connectivity index (χ1n) is 5.58. The predicted molar refractivity (Wildman–Crippen MR) is 58.8 cm³/mol. The van der Waals surface area contributed by atoms with Gasteiger partial charge in [0.1, 0.15) is 0 Å². The Kier molecular flexibility index (Phi) is 4.29. The Morgan fingerprint density at radius 3 is 2.38 bits per heavy atom. The van der Waals surface area contributed by atoms with Gasteiger partial charge in [0.25, 0.3) is 0 Å². The van der Waals surface area contributed by atoms with Crippen LogP contribution in [0.5, 0.6) is 0 Å². The molecule has 1 rings (SSSR count). The molecule has 0 bridgehead atoms. The third kappa shape index (κ3) is 2.93. The van der Waals surface area contributed by atoms with Crippen molar-refractivity contribution in [2.75, 3.05) is 26.9 Å². The molecule has 0 aromatic rings. The van der Waals surface area contributed by atoms with E-state index in [1.807, 2.05) is 6.92 Å². The van der Waals surface area contributed by atoms with Gasteiger partial charge in [0.2, 0.25) is 5.91 Å². The highest BCUT2D eigenvalue weighted by molar-refractivity contribution is 5.76. The zero-order valence-corrected chi connectivity index (χ0v) is 10.2. The van der Waals surface area contributed by atoms with Crippen LogP contribution in [0.2, 0.25) is 0 Å². The van der Waals surface area contributed by atoms with Crippen molar-refractivity contribution in [1.29, 1.82) is 0 Å². The van der Waals surface area contributed by atoms with Gasteiger partial charge in [-0.3, -0.25) is 4.79 Å². The second kappa shape index (κ2) is 5.12. The van der Waals surface area contributed by atoms with E-state index in [9.17, 15) is 9.90 Å². The third-order valence-corrected chi connectivity index (χ3v) is 3.21. The average Bonchev–Trinajstić information content (AvgIpc) is 2.30. The lowest BCUT2D eigenvalue weighted by Gasteiger charge is -2.43. The molecule has 5 heteroatoms. The van der Waals surface area contributed by atoms with E-state index in [1.54, 1.807) is 14.0 Å². The van der Waals surface area contributed by atoms with Crippen LogP contribution in [-0.2, 0) is 14.3 Å². The van der Waals surface area contributed by atoms with E-state index in [0.717, 1.165) is 6.42 Å². The molecular formula is C11H21NO4. The molecule has 0 aromatic heterocycles. The SMILES string of the molecule is CCC1(CO)COC(C)(CC(=O)NC)OC1. The van der Waals surface area contributed by atoms with Crippen molar-refractivity contribution in [2.24, 2.45) is 5.41 Å². The first-order chi connectivity index (χ1) is 7.49. The lowest BCUT2D eigenvalue weighted by atomic mass is 9.87. The summed E-state index contributed by atoms with van der Waals surface area (Å²) in [5.41, 5.74) is -0.317. The minimum atomic E-state index is -0.867. The summed E-state index contributed by atoms with van der Waals surface area (Å²) in [7, 11) is 1.58. The quantitative estimate of drug-likeness (QED) is 0.729. The molecule has 94 valence electrons. The van der Waals surface area contributed by atoms with Gasteiger partial charge < -0.3 is 19.9 Å². The number of amides is 1. The fourth-order valence-electron chi connectivity index (χ4n) is 1.58. The largest absolute Gasteiger partial charge is 0.396 e. The lowest BCUT2D eigenvalue weighted by molar-refractivity contribution is -0.299. The Morgan fingerprint density at radius 2 is 2.00 bits per heavy atom. The first kappa shape index (κ1) is 13.4. The van der Waals surface area contributed by atoms with Crippen LogP contribution < -0.4 is 5.32 Å². The van der Waals surface area contributed by atoms with E-state index in [0.29, 0.717) is 13.2 Å². The zero-order valence-electron chi connectivity index (χ0n) is 10.2. The number of rotatable bonds is 4. The third-order valence-electron chi connectivity index (χ3n) is 3.21. The van der Waals surface area contributed by atoms with Gasteiger partial charge in [0.15, 0.2) is 5.79 Å². The highest BCUT2D eigenvalue weighted by Gasteiger charge is 2.41. The van der Waals surface area contributed by atoms with Crippen LogP contribution >= 0.6 is 0 Å². The van der Waals surface area contributed by atoms with Crippen molar-refractivity contribution < 1.29 is 19.4 Å². The summed E-state index contributed by atoms with van der Waals surface area (Å²) in [5.74, 6) is -0.982. The summed E-state index contributed by atoms with van der Waals surface area (Å²) >= 11 is 0. The van der Waals surface area contributed by atoms with Crippen molar-refractivity contribution >= 4 is 5.91 Å². The number of hydrogen-bond acceptors (Lipinski definition) is 4. The van der Waals surface area contributed by atoms with E-state index in [4.69, 9.17) is 9.47 Å². The van der Waals surface area contributed by atoms with Gasteiger partial charge in [-0.2, -0.15) is 0 Å². The Bertz CT molecular complexity index is 240. The molecule has 1 heterocycles. The van der Waals surface area contributed by atoms with Gasteiger partial charge in [0, 0.05) is 12.5 Å². The van der Waals surface area contributed by atoms with E-state index in [-0.39, 0.29) is 24.3 Å². The van der Waals surface area contributed by atoms with Gasteiger partial charge in [-0.15, -0.1) is 0 Å². The first-order valence-corrected chi connectivity index (χ1v) is 5.58.